The highest BCUT2D eigenvalue weighted by atomic mass is 16.5. The van der Waals surface area contributed by atoms with Crippen LogP contribution in [-0.2, 0) is 19.1 Å². The second-order valence-electron chi connectivity index (χ2n) is 13.5. The molecule has 12 heteroatoms. The maximum atomic E-state index is 13.5. The summed E-state index contributed by atoms with van der Waals surface area (Å²) in [7, 11) is 2.59. The molecule has 2 fully saturated rings. The molecule has 3 N–H and O–H groups in total. The van der Waals surface area contributed by atoms with Crippen molar-refractivity contribution in [1.29, 1.82) is 0 Å². The fraction of sp³-hybridized carbons (Fsp3) is 0.486. The van der Waals surface area contributed by atoms with E-state index in [0.717, 1.165) is 59.5 Å². The minimum atomic E-state index is -0.684. The predicted octanol–water partition coefficient (Wildman–Crippen LogP) is 5.83. The number of carbonyl (C=O) groups excluding carboxylic acids is 4. The number of H-pyrrole nitrogens is 1. The molecule has 262 valence electrons. The summed E-state index contributed by atoms with van der Waals surface area (Å²) in [5, 5.41) is 5.40. The number of imidazole rings is 1. The molecule has 0 saturated carbocycles. The van der Waals surface area contributed by atoms with Gasteiger partial charge in [0.2, 0.25) is 11.8 Å². The highest BCUT2D eigenvalue weighted by molar-refractivity contribution is 5.87. The highest BCUT2D eigenvalue weighted by Crippen LogP contribution is 2.35. The van der Waals surface area contributed by atoms with Gasteiger partial charge in [-0.15, -0.1) is 0 Å². The SMILES string of the molecule is COC(=O)NC(C(=O)N1CCCC1c1ccc(-c2ccc(-c3cnc(C4CCCN4C(=O)C(NC(=O)OC)C(C)C)[nH]3)cc2)cc1)C(C)C. The van der Waals surface area contributed by atoms with Crippen LogP contribution in [0, 0.1) is 11.8 Å². The van der Waals surface area contributed by atoms with Crippen LogP contribution in [0.5, 0.6) is 0 Å². The van der Waals surface area contributed by atoms with Crippen LogP contribution in [0.3, 0.4) is 0 Å². The van der Waals surface area contributed by atoms with Crippen molar-refractivity contribution in [2.45, 2.75) is 77.5 Å². The van der Waals surface area contributed by atoms with E-state index in [4.69, 9.17) is 9.47 Å². The Hall–Kier alpha value is -4.87. The molecule has 12 nitrogen and oxygen atoms in total. The van der Waals surface area contributed by atoms with Gasteiger partial charge in [0.05, 0.1) is 38.2 Å². The summed E-state index contributed by atoms with van der Waals surface area (Å²) in [5.74, 6) is 0.315. The number of carbonyl (C=O) groups is 4. The molecular weight excluding hydrogens is 624 g/mol. The lowest BCUT2D eigenvalue weighted by molar-refractivity contribution is -0.136. The Balaban J connectivity index is 1.26. The zero-order chi connectivity index (χ0) is 35.2. The van der Waals surface area contributed by atoms with Crippen molar-refractivity contribution in [2.24, 2.45) is 11.8 Å². The third-order valence-corrected chi connectivity index (χ3v) is 9.59. The van der Waals surface area contributed by atoms with Gasteiger partial charge in [-0.3, -0.25) is 9.59 Å². The lowest BCUT2D eigenvalue weighted by atomic mass is 9.97. The molecule has 2 aromatic carbocycles. The van der Waals surface area contributed by atoms with E-state index in [1.165, 1.54) is 14.2 Å². The summed E-state index contributed by atoms with van der Waals surface area (Å²) in [5.41, 5.74) is 5.02. The van der Waals surface area contributed by atoms with E-state index in [-0.39, 0.29) is 35.7 Å². The monoisotopic (exact) mass is 672 g/mol. The maximum Gasteiger partial charge on any atom is 0.407 e. The second-order valence-corrected chi connectivity index (χ2v) is 13.5. The average Bonchev–Trinajstić information content (AvgIpc) is 3.90. The number of likely N-dealkylation sites (tertiary alicyclic amines) is 2. The third kappa shape index (κ3) is 7.90. The predicted molar refractivity (Wildman–Crippen MR) is 185 cm³/mol. The number of ether oxygens (including phenoxy) is 2. The van der Waals surface area contributed by atoms with E-state index < -0.39 is 24.3 Å². The molecular formula is C37H48N6O6. The van der Waals surface area contributed by atoms with Crippen LogP contribution < -0.4 is 10.6 Å². The van der Waals surface area contributed by atoms with Gasteiger partial charge in [0.25, 0.3) is 0 Å². The van der Waals surface area contributed by atoms with Crippen molar-refractivity contribution in [2.75, 3.05) is 27.3 Å². The molecule has 2 aliphatic heterocycles. The van der Waals surface area contributed by atoms with Crippen LogP contribution in [-0.4, -0.2) is 83.2 Å². The minimum Gasteiger partial charge on any atom is -0.453 e. The molecule has 0 spiro atoms. The molecule has 0 aliphatic carbocycles. The Bertz CT molecular complexity index is 1620. The van der Waals surface area contributed by atoms with Crippen molar-refractivity contribution >= 4 is 24.0 Å². The van der Waals surface area contributed by atoms with Crippen LogP contribution in [0.2, 0.25) is 0 Å². The van der Waals surface area contributed by atoms with Crippen LogP contribution in [0.4, 0.5) is 9.59 Å². The summed E-state index contributed by atoms with van der Waals surface area (Å²) >= 11 is 0. The van der Waals surface area contributed by atoms with Crippen molar-refractivity contribution in [1.82, 2.24) is 30.4 Å². The fourth-order valence-corrected chi connectivity index (χ4v) is 6.84. The Morgan fingerprint density at radius 1 is 0.714 bits per heavy atom. The fourth-order valence-electron chi connectivity index (χ4n) is 6.84. The van der Waals surface area contributed by atoms with Crippen molar-refractivity contribution in [3.63, 3.8) is 0 Å². The van der Waals surface area contributed by atoms with Gasteiger partial charge in [-0.25, -0.2) is 14.6 Å². The normalized spacial score (nSPS) is 18.8. The number of hydrogen-bond donors (Lipinski definition) is 3. The maximum absolute atomic E-state index is 13.5. The zero-order valence-corrected chi connectivity index (χ0v) is 29.2. The Kier molecular flexibility index (Phi) is 11.3. The van der Waals surface area contributed by atoms with E-state index in [1.54, 1.807) is 11.1 Å². The van der Waals surface area contributed by atoms with Gasteiger partial charge in [0.15, 0.2) is 0 Å². The molecule has 4 unspecified atom stereocenters. The molecule has 4 atom stereocenters. The van der Waals surface area contributed by atoms with Crippen molar-refractivity contribution in [3.8, 4) is 22.4 Å². The molecule has 0 bridgehead atoms. The molecule has 2 saturated heterocycles. The van der Waals surface area contributed by atoms with Gasteiger partial charge in [-0.2, -0.15) is 0 Å². The number of benzene rings is 2. The van der Waals surface area contributed by atoms with Crippen molar-refractivity contribution < 1.29 is 28.7 Å². The number of rotatable bonds is 10. The number of nitrogens with zero attached hydrogens (tertiary/aromatic N) is 3. The minimum absolute atomic E-state index is 0.0503. The van der Waals surface area contributed by atoms with Crippen LogP contribution in [0.1, 0.15) is 76.8 Å². The number of amides is 4. The number of aromatic amines is 1. The quantitative estimate of drug-likeness (QED) is 0.246. The van der Waals surface area contributed by atoms with E-state index >= 15 is 0 Å². The van der Waals surface area contributed by atoms with Gasteiger partial charge in [-0.1, -0.05) is 76.2 Å². The molecule has 2 aliphatic rings. The van der Waals surface area contributed by atoms with E-state index in [9.17, 15) is 19.2 Å². The van der Waals surface area contributed by atoms with Crippen LogP contribution >= 0.6 is 0 Å². The summed E-state index contributed by atoms with van der Waals surface area (Å²) in [6.45, 7) is 8.87. The van der Waals surface area contributed by atoms with E-state index in [0.29, 0.717) is 13.1 Å². The number of hydrogen-bond acceptors (Lipinski definition) is 7. The lowest BCUT2D eigenvalue weighted by Crippen LogP contribution is -2.51. The molecule has 3 aromatic rings. The van der Waals surface area contributed by atoms with Gasteiger partial charge in [-0.05, 0) is 59.8 Å². The zero-order valence-electron chi connectivity index (χ0n) is 29.2. The van der Waals surface area contributed by atoms with Crippen molar-refractivity contribution in [3.05, 3.63) is 66.1 Å². The van der Waals surface area contributed by atoms with Crippen LogP contribution in [0.15, 0.2) is 54.7 Å². The summed E-state index contributed by atoms with van der Waals surface area (Å²) in [6.07, 6.45) is 3.97. The number of alkyl carbamates (subject to hydrolysis) is 2. The number of methoxy groups -OCH3 is 2. The number of aromatic nitrogens is 2. The van der Waals surface area contributed by atoms with Gasteiger partial charge in [0.1, 0.15) is 17.9 Å². The number of nitrogens with one attached hydrogen (secondary N) is 3. The molecule has 5 rings (SSSR count). The summed E-state index contributed by atoms with van der Waals surface area (Å²) < 4.78 is 9.49. The Morgan fingerprint density at radius 3 is 1.65 bits per heavy atom. The average molecular weight is 673 g/mol. The van der Waals surface area contributed by atoms with E-state index in [2.05, 4.69) is 57.0 Å². The smallest absolute Gasteiger partial charge is 0.407 e. The first-order chi connectivity index (χ1) is 23.5. The first kappa shape index (κ1) is 35.4. The first-order valence-electron chi connectivity index (χ1n) is 17.1. The van der Waals surface area contributed by atoms with Gasteiger partial charge < -0.3 is 34.9 Å². The molecule has 49 heavy (non-hydrogen) atoms. The highest BCUT2D eigenvalue weighted by Gasteiger charge is 2.38. The molecule has 1 aromatic heterocycles. The lowest BCUT2D eigenvalue weighted by Gasteiger charge is -2.31. The topological polar surface area (TPSA) is 146 Å². The largest absolute Gasteiger partial charge is 0.453 e. The third-order valence-electron chi connectivity index (χ3n) is 9.59. The summed E-state index contributed by atoms with van der Waals surface area (Å²) in [6, 6.07) is 15.0. The van der Waals surface area contributed by atoms with Crippen LogP contribution in [0.25, 0.3) is 22.4 Å². The van der Waals surface area contributed by atoms with Gasteiger partial charge in [0, 0.05) is 13.1 Å². The standard InChI is InChI=1S/C37H48N6O6/c1-22(2)31(40-36(46)48-5)34(44)42-19-7-9-29(42)27-17-13-25(14-18-27)24-11-15-26(16-12-24)28-21-38-33(39-28)30-10-8-20-43(30)35(45)32(23(3)4)41-37(47)49-6/h11-18,21-23,29-32H,7-10,19-20H2,1-6H3,(H,38,39)(H,40,46)(H,41,47). The molecule has 4 amide bonds. The Labute approximate surface area is 287 Å². The van der Waals surface area contributed by atoms with E-state index in [1.807, 2.05) is 44.7 Å². The van der Waals surface area contributed by atoms with Gasteiger partial charge >= 0.3 is 12.2 Å². The second kappa shape index (κ2) is 15.6. The summed E-state index contributed by atoms with van der Waals surface area (Å²) in [4.78, 5) is 62.6. The molecule has 3 heterocycles. The Morgan fingerprint density at radius 2 is 1.16 bits per heavy atom. The molecule has 0 radical (unpaired) electrons. The first-order valence-corrected chi connectivity index (χ1v) is 17.1.